The molecule has 0 atom stereocenters. The highest BCUT2D eigenvalue weighted by Gasteiger charge is 2.45. The molecule has 0 bridgehead atoms. The summed E-state index contributed by atoms with van der Waals surface area (Å²) in [5, 5.41) is 0. The minimum absolute atomic E-state index is 0.663. The van der Waals surface area contributed by atoms with Gasteiger partial charge in [-0.1, -0.05) is 0 Å². The van der Waals surface area contributed by atoms with Gasteiger partial charge in [0.1, 0.15) is 0 Å². The van der Waals surface area contributed by atoms with Crippen molar-refractivity contribution in [3.8, 4) is 0 Å². The van der Waals surface area contributed by atoms with Crippen LogP contribution in [0.2, 0.25) is 0 Å². The lowest BCUT2D eigenvalue weighted by molar-refractivity contribution is -0.148. The van der Waals surface area contributed by atoms with Crippen molar-refractivity contribution in [3.05, 3.63) is 0 Å². The van der Waals surface area contributed by atoms with Crippen LogP contribution >= 0.6 is 0 Å². The molecule has 0 spiro atoms. The zero-order valence-corrected chi connectivity index (χ0v) is 6.65. The quantitative estimate of drug-likeness (QED) is 0.677. The lowest BCUT2D eigenvalue weighted by Crippen LogP contribution is -2.45. The highest BCUT2D eigenvalue weighted by molar-refractivity contribution is 5.65. The van der Waals surface area contributed by atoms with Crippen molar-refractivity contribution in [2.24, 2.45) is 5.73 Å². The van der Waals surface area contributed by atoms with E-state index in [0.29, 0.717) is 6.92 Å². The standard InChI is InChI=1S/C6H11F2NO2/c1-5(2,6(3,7)8)11-4(9)10/h1-3H3,(H2,9,10). The molecule has 11 heavy (non-hydrogen) atoms. The van der Waals surface area contributed by atoms with Gasteiger partial charge in [0, 0.05) is 6.92 Å². The lowest BCUT2D eigenvalue weighted by Gasteiger charge is -2.29. The molecule has 0 saturated heterocycles. The number of halogens is 2. The summed E-state index contributed by atoms with van der Waals surface area (Å²) in [4.78, 5) is 10.1. The van der Waals surface area contributed by atoms with Crippen molar-refractivity contribution >= 4 is 6.09 Å². The third kappa shape index (κ3) is 2.69. The molecule has 0 rings (SSSR count). The fourth-order valence-electron chi connectivity index (χ4n) is 0.341. The van der Waals surface area contributed by atoms with Gasteiger partial charge < -0.3 is 10.5 Å². The summed E-state index contributed by atoms with van der Waals surface area (Å²) in [7, 11) is 0. The molecule has 1 amide bonds. The fourth-order valence-corrected chi connectivity index (χ4v) is 0.341. The van der Waals surface area contributed by atoms with Crippen LogP contribution in [0.15, 0.2) is 0 Å². The summed E-state index contributed by atoms with van der Waals surface area (Å²) < 4.78 is 29.2. The molecule has 0 aromatic rings. The Morgan fingerprint density at radius 2 is 1.73 bits per heavy atom. The van der Waals surface area contributed by atoms with E-state index < -0.39 is 17.6 Å². The van der Waals surface area contributed by atoms with Crippen molar-refractivity contribution in [1.82, 2.24) is 0 Å². The van der Waals surface area contributed by atoms with Gasteiger partial charge in [0.2, 0.25) is 0 Å². The van der Waals surface area contributed by atoms with Gasteiger partial charge in [-0.05, 0) is 13.8 Å². The smallest absolute Gasteiger partial charge is 0.405 e. The van der Waals surface area contributed by atoms with E-state index in [2.05, 4.69) is 10.5 Å². The number of ether oxygens (including phenoxy) is 1. The summed E-state index contributed by atoms with van der Waals surface area (Å²) in [6, 6.07) is 0. The van der Waals surface area contributed by atoms with E-state index in [1.807, 2.05) is 0 Å². The van der Waals surface area contributed by atoms with Crippen LogP contribution in [-0.4, -0.2) is 17.6 Å². The Balaban J connectivity index is 4.34. The zero-order valence-electron chi connectivity index (χ0n) is 6.65. The largest absolute Gasteiger partial charge is 0.437 e. The molecular weight excluding hydrogens is 156 g/mol. The van der Waals surface area contributed by atoms with Crippen LogP contribution in [-0.2, 0) is 4.74 Å². The highest BCUT2D eigenvalue weighted by atomic mass is 19.3. The SMILES string of the molecule is CC(F)(F)C(C)(C)OC(N)=O. The molecule has 0 fully saturated rings. The van der Waals surface area contributed by atoms with E-state index >= 15 is 0 Å². The highest BCUT2D eigenvalue weighted by Crippen LogP contribution is 2.30. The number of hydrogen-bond acceptors (Lipinski definition) is 2. The first-order valence-corrected chi connectivity index (χ1v) is 3.03. The van der Waals surface area contributed by atoms with Crippen LogP contribution in [0.25, 0.3) is 0 Å². The minimum Gasteiger partial charge on any atom is -0.437 e. The Labute approximate surface area is 63.5 Å². The van der Waals surface area contributed by atoms with E-state index in [0.717, 1.165) is 13.8 Å². The summed E-state index contributed by atoms with van der Waals surface area (Å²) in [5.74, 6) is -3.10. The lowest BCUT2D eigenvalue weighted by atomic mass is 10.0. The number of alkyl halides is 2. The molecule has 0 aliphatic carbocycles. The molecule has 0 heterocycles. The van der Waals surface area contributed by atoms with E-state index in [-0.39, 0.29) is 0 Å². The maximum absolute atomic E-state index is 12.5. The van der Waals surface area contributed by atoms with Crippen LogP contribution in [0.3, 0.4) is 0 Å². The van der Waals surface area contributed by atoms with Crippen molar-refractivity contribution in [1.29, 1.82) is 0 Å². The maximum Gasteiger partial charge on any atom is 0.405 e. The number of carbonyl (C=O) groups excluding carboxylic acids is 1. The molecule has 3 nitrogen and oxygen atoms in total. The Kier molecular flexibility index (Phi) is 2.43. The Bertz CT molecular complexity index is 162. The third-order valence-corrected chi connectivity index (χ3v) is 1.41. The second-order valence-electron chi connectivity index (χ2n) is 2.82. The van der Waals surface area contributed by atoms with Crippen LogP contribution < -0.4 is 5.73 Å². The number of hydrogen-bond donors (Lipinski definition) is 1. The first-order valence-electron chi connectivity index (χ1n) is 3.03. The Morgan fingerprint density at radius 1 is 1.36 bits per heavy atom. The summed E-state index contributed by atoms with van der Waals surface area (Å²) in [6.45, 7) is 2.85. The molecule has 0 radical (unpaired) electrons. The normalized spacial score (nSPS) is 12.8. The summed E-state index contributed by atoms with van der Waals surface area (Å²) in [6.07, 6.45) is -1.20. The van der Waals surface area contributed by atoms with Gasteiger partial charge in [-0.2, -0.15) is 0 Å². The predicted octanol–water partition coefficient (Wildman–Crippen LogP) is 1.52. The zero-order chi connectivity index (χ0) is 9.28. The first-order chi connectivity index (χ1) is 4.67. The summed E-state index contributed by atoms with van der Waals surface area (Å²) >= 11 is 0. The number of primary amides is 1. The van der Waals surface area contributed by atoms with Crippen molar-refractivity contribution in [2.75, 3.05) is 0 Å². The number of nitrogens with two attached hydrogens (primary N) is 1. The van der Waals surface area contributed by atoms with Crippen LogP contribution in [0, 0.1) is 0 Å². The molecule has 0 aromatic heterocycles. The van der Waals surface area contributed by atoms with Crippen LogP contribution in [0.5, 0.6) is 0 Å². The van der Waals surface area contributed by atoms with Gasteiger partial charge in [0.15, 0.2) is 5.60 Å². The number of amides is 1. The van der Waals surface area contributed by atoms with Crippen molar-refractivity contribution in [3.63, 3.8) is 0 Å². The average molecular weight is 167 g/mol. The molecule has 2 N–H and O–H groups in total. The van der Waals surface area contributed by atoms with Gasteiger partial charge in [-0.15, -0.1) is 0 Å². The Morgan fingerprint density at radius 3 is 1.82 bits per heavy atom. The van der Waals surface area contributed by atoms with Crippen LogP contribution in [0.1, 0.15) is 20.8 Å². The molecule has 0 aliphatic rings. The maximum atomic E-state index is 12.5. The van der Waals surface area contributed by atoms with E-state index in [4.69, 9.17) is 0 Å². The fraction of sp³-hybridized carbons (Fsp3) is 0.833. The summed E-state index contributed by atoms with van der Waals surface area (Å²) in [5.41, 5.74) is 2.73. The van der Waals surface area contributed by atoms with Gasteiger partial charge in [0.25, 0.3) is 5.92 Å². The first kappa shape index (κ1) is 10.1. The molecule has 0 unspecified atom stereocenters. The van der Waals surface area contributed by atoms with Gasteiger partial charge in [-0.25, -0.2) is 13.6 Å². The molecule has 0 aliphatic heterocycles. The molecule has 5 heteroatoms. The van der Waals surface area contributed by atoms with Gasteiger partial charge >= 0.3 is 6.09 Å². The van der Waals surface area contributed by atoms with Gasteiger partial charge in [-0.3, -0.25) is 0 Å². The van der Waals surface area contributed by atoms with E-state index in [1.165, 1.54) is 0 Å². The predicted molar refractivity (Wildman–Crippen MR) is 35.4 cm³/mol. The van der Waals surface area contributed by atoms with Gasteiger partial charge in [0.05, 0.1) is 0 Å². The number of rotatable bonds is 2. The molecular formula is C6H11F2NO2. The monoisotopic (exact) mass is 167 g/mol. The number of carbonyl (C=O) groups is 1. The average Bonchev–Trinajstić information content (AvgIpc) is 1.56. The van der Waals surface area contributed by atoms with Crippen molar-refractivity contribution < 1.29 is 18.3 Å². The second kappa shape index (κ2) is 2.64. The second-order valence-corrected chi connectivity index (χ2v) is 2.82. The third-order valence-electron chi connectivity index (χ3n) is 1.41. The van der Waals surface area contributed by atoms with E-state index in [9.17, 15) is 13.6 Å². The molecule has 0 aromatic carbocycles. The minimum atomic E-state index is -3.10. The van der Waals surface area contributed by atoms with Crippen molar-refractivity contribution in [2.45, 2.75) is 32.3 Å². The van der Waals surface area contributed by atoms with Crippen LogP contribution in [0.4, 0.5) is 13.6 Å². The molecule has 66 valence electrons. The topological polar surface area (TPSA) is 52.3 Å². The van der Waals surface area contributed by atoms with E-state index in [1.54, 1.807) is 0 Å². The Hall–Kier alpha value is -0.870. The molecule has 0 saturated carbocycles.